The average molecular weight is 351 g/mol. The first-order valence-corrected chi connectivity index (χ1v) is 9.44. The summed E-state index contributed by atoms with van der Waals surface area (Å²) in [6.45, 7) is 0. The van der Waals surface area contributed by atoms with Gasteiger partial charge in [0.15, 0.2) is 0 Å². The molecule has 0 saturated heterocycles. The third-order valence-corrected chi connectivity index (χ3v) is 6.07. The number of allylic oxidation sites excluding steroid dienone is 1. The van der Waals surface area contributed by atoms with Gasteiger partial charge in [0, 0.05) is 6.42 Å². The molecule has 1 atom stereocenters. The minimum atomic E-state index is -0.383. The molecule has 3 aromatic carbocycles. The van der Waals surface area contributed by atoms with E-state index in [0.717, 1.165) is 18.6 Å². The van der Waals surface area contributed by atoms with Crippen LogP contribution in [0.5, 0.6) is 0 Å². The normalized spacial score (nSPS) is 21.8. The molecule has 1 unspecified atom stereocenters. The van der Waals surface area contributed by atoms with Gasteiger partial charge in [0.25, 0.3) is 0 Å². The number of oxime groups is 1. The highest BCUT2D eigenvalue weighted by atomic mass is 16.4. The highest BCUT2D eigenvalue weighted by Gasteiger charge is 2.48. The third-order valence-electron chi connectivity index (χ3n) is 6.07. The van der Waals surface area contributed by atoms with Crippen LogP contribution >= 0.6 is 0 Å². The Bertz CT molecular complexity index is 1060. The van der Waals surface area contributed by atoms with Crippen LogP contribution in [0.4, 0.5) is 0 Å². The van der Waals surface area contributed by atoms with Crippen LogP contribution in [-0.2, 0) is 24.7 Å². The van der Waals surface area contributed by atoms with Crippen molar-refractivity contribution in [2.24, 2.45) is 5.16 Å². The van der Waals surface area contributed by atoms with E-state index in [4.69, 9.17) is 0 Å². The summed E-state index contributed by atoms with van der Waals surface area (Å²) in [5.74, 6) is 0. The second-order valence-electron chi connectivity index (χ2n) is 7.49. The second-order valence-corrected chi connectivity index (χ2v) is 7.49. The number of rotatable bonds is 3. The Hall–Kier alpha value is -3.13. The van der Waals surface area contributed by atoms with Crippen LogP contribution in [0.2, 0.25) is 0 Å². The van der Waals surface area contributed by atoms with Crippen molar-refractivity contribution >= 4 is 11.8 Å². The molecule has 0 fully saturated rings. The predicted molar refractivity (Wildman–Crippen MR) is 109 cm³/mol. The second kappa shape index (κ2) is 6.24. The molecule has 0 heterocycles. The lowest BCUT2D eigenvalue weighted by Crippen LogP contribution is -2.37. The van der Waals surface area contributed by atoms with Gasteiger partial charge in [0.2, 0.25) is 0 Å². The molecule has 0 aromatic heterocycles. The Kier molecular flexibility index (Phi) is 3.71. The highest BCUT2D eigenvalue weighted by Crippen LogP contribution is 2.48. The minimum Gasteiger partial charge on any atom is -0.411 e. The van der Waals surface area contributed by atoms with E-state index in [0.29, 0.717) is 6.42 Å². The van der Waals surface area contributed by atoms with Gasteiger partial charge in [-0.05, 0) is 46.2 Å². The summed E-state index contributed by atoms with van der Waals surface area (Å²) in [5.41, 5.74) is 8.22. The summed E-state index contributed by atoms with van der Waals surface area (Å²) < 4.78 is 0. The van der Waals surface area contributed by atoms with E-state index in [-0.39, 0.29) is 5.41 Å². The van der Waals surface area contributed by atoms with E-state index in [1.165, 1.54) is 33.4 Å². The van der Waals surface area contributed by atoms with E-state index < -0.39 is 0 Å². The molecule has 2 heteroatoms. The van der Waals surface area contributed by atoms with E-state index in [1.807, 2.05) is 6.07 Å². The van der Waals surface area contributed by atoms with Crippen LogP contribution in [-0.4, -0.2) is 10.9 Å². The molecule has 1 N–H and O–H groups in total. The molecule has 0 bridgehead atoms. The summed E-state index contributed by atoms with van der Waals surface area (Å²) in [5, 5.41) is 13.8. The molecular weight excluding hydrogens is 330 g/mol. The first kappa shape index (κ1) is 16.1. The topological polar surface area (TPSA) is 32.6 Å². The Labute approximate surface area is 159 Å². The molecule has 132 valence electrons. The van der Waals surface area contributed by atoms with Gasteiger partial charge in [-0.3, -0.25) is 0 Å². The minimum absolute atomic E-state index is 0.383. The summed E-state index contributed by atoms with van der Waals surface area (Å²) in [6, 6.07) is 27.7. The molecule has 27 heavy (non-hydrogen) atoms. The summed E-state index contributed by atoms with van der Waals surface area (Å²) in [6.07, 6.45) is 4.72. The zero-order chi connectivity index (χ0) is 18.3. The summed E-state index contributed by atoms with van der Waals surface area (Å²) >= 11 is 0. The van der Waals surface area contributed by atoms with Gasteiger partial charge >= 0.3 is 0 Å². The lowest BCUT2D eigenvalue weighted by Gasteiger charge is -2.33. The van der Waals surface area contributed by atoms with Gasteiger partial charge in [-0.2, -0.15) is 0 Å². The fourth-order valence-electron chi connectivity index (χ4n) is 4.82. The van der Waals surface area contributed by atoms with Crippen LogP contribution in [0.1, 0.15) is 27.8 Å². The fourth-order valence-corrected chi connectivity index (χ4v) is 4.82. The van der Waals surface area contributed by atoms with Gasteiger partial charge in [-0.15, -0.1) is 0 Å². The maximum Gasteiger partial charge on any atom is 0.0764 e. The van der Waals surface area contributed by atoms with Crippen LogP contribution in [0, 0.1) is 0 Å². The van der Waals surface area contributed by atoms with Crippen molar-refractivity contribution in [1.82, 2.24) is 0 Å². The number of benzene rings is 3. The van der Waals surface area contributed by atoms with Crippen molar-refractivity contribution in [2.75, 3.05) is 0 Å². The van der Waals surface area contributed by atoms with E-state index in [2.05, 4.69) is 84.0 Å². The van der Waals surface area contributed by atoms with Crippen LogP contribution in [0.15, 0.2) is 89.6 Å². The molecule has 3 aromatic rings. The van der Waals surface area contributed by atoms with Crippen LogP contribution in [0.25, 0.3) is 6.08 Å². The first-order valence-electron chi connectivity index (χ1n) is 9.44. The maximum absolute atomic E-state index is 9.99. The molecule has 0 amide bonds. The van der Waals surface area contributed by atoms with Crippen LogP contribution < -0.4 is 0 Å². The smallest absolute Gasteiger partial charge is 0.0764 e. The molecule has 2 aliphatic carbocycles. The van der Waals surface area contributed by atoms with Crippen molar-refractivity contribution in [3.63, 3.8) is 0 Å². The van der Waals surface area contributed by atoms with Gasteiger partial charge < -0.3 is 5.21 Å². The molecule has 5 rings (SSSR count). The Morgan fingerprint density at radius 1 is 0.778 bits per heavy atom. The van der Waals surface area contributed by atoms with Crippen molar-refractivity contribution in [2.45, 2.75) is 24.7 Å². The van der Waals surface area contributed by atoms with Crippen molar-refractivity contribution < 1.29 is 5.21 Å². The third kappa shape index (κ3) is 2.44. The fraction of sp³-hybridized carbons (Fsp3) is 0.160. The standard InChI is InChI=1S/C25H21NO/c27-26-24-16-21-12-6-7-13-23(21)25(24,17-18-8-2-1-3-9-18)22-14-19-10-4-5-11-20(19)15-22/h1-14,27H,15-17H2/b26-24+. The van der Waals surface area contributed by atoms with Gasteiger partial charge in [0.1, 0.15) is 0 Å². The monoisotopic (exact) mass is 351 g/mol. The quantitative estimate of drug-likeness (QED) is 0.511. The predicted octanol–water partition coefficient (Wildman–Crippen LogP) is 5.19. The average Bonchev–Trinajstić information content (AvgIpc) is 3.29. The number of nitrogens with zero attached hydrogens (tertiary/aromatic N) is 1. The maximum atomic E-state index is 9.99. The molecule has 2 aliphatic rings. The molecule has 0 spiro atoms. The first-order chi connectivity index (χ1) is 13.3. The lowest BCUT2D eigenvalue weighted by atomic mass is 9.69. The molecule has 0 radical (unpaired) electrons. The van der Waals surface area contributed by atoms with E-state index in [9.17, 15) is 5.21 Å². The highest BCUT2D eigenvalue weighted by molar-refractivity contribution is 6.05. The van der Waals surface area contributed by atoms with Gasteiger partial charge in [-0.25, -0.2) is 0 Å². The molecule has 0 aliphatic heterocycles. The number of hydrogen-bond donors (Lipinski definition) is 1. The van der Waals surface area contributed by atoms with Crippen molar-refractivity contribution in [1.29, 1.82) is 0 Å². The van der Waals surface area contributed by atoms with Gasteiger partial charge in [-0.1, -0.05) is 90.1 Å². The van der Waals surface area contributed by atoms with E-state index >= 15 is 0 Å². The molecule has 2 nitrogen and oxygen atoms in total. The van der Waals surface area contributed by atoms with Gasteiger partial charge in [0.05, 0.1) is 11.1 Å². The number of fused-ring (bicyclic) bond motifs is 2. The van der Waals surface area contributed by atoms with Crippen LogP contribution in [0.3, 0.4) is 0 Å². The lowest BCUT2D eigenvalue weighted by molar-refractivity contribution is 0.313. The van der Waals surface area contributed by atoms with Crippen molar-refractivity contribution in [3.8, 4) is 0 Å². The molecule has 0 saturated carbocycles. The number of hydrogen-bond acceptors (Lipinski definition) is 2. The Morgan fingerprint density at radius 2 is 1.48 bits per heavy atom. The Morgan fingerprint density at radius 3 is 2.26 bits per heavy atom. The largest absolute Gasteiger partial charge is 0.411 e. The zero-order valence-electron chi connectivity index (χ0n) is 15.1. The zero-order valence-corrected chi connectivity index (χ0v) is 15.1. The van der Waals surface area contributed by atoms with E-state index in [1.54, 1.807) is 0 Å². The SMILES string of the molecule is O/N=C1\Cc2ccccc2C1(Cc1ccccc1)C1=Cc2ccccc2C1. The summed E-state index contributed by atoms with van der Waals surface area (Å²) in [7, 11) is 0. The molecular formula is C25H21NO. The Balaban J connectivity index is 1.72. The van der Waals surface area contributed by atoms with Crippen molar-refractivity contribution in [3.05, 3.63) is 112 Å². The summed E-state index contributed by atoms with van der Waals surface area (Å²) in [4.78, 5) is 0.